The lowest BCUT2D eigenvalue weighted by atomic mass is 9.99. The predicted molar refractivity (Wildman–Crippen MR) is 112 cm³/mol. The van der Waals surface area contributed by atoms with Crippen LogP contribution >= 0.6 is 0 Å². The Morgan fingerprint density at radius 1 is 1.07 bits per heavy atom. The van der Waals surface area contributed by atoms with Crippen molar-refractivity contribution in [3.05, 3.63) is 82.1 Å². The molecular weight excluding hydrogens is 350 g/mol. The van der Waals surface area contributed by atoms with Crippen LogP contribution in [0.1, 0.15) is 43.4 Å². The highest BCUT2D eigenvalue weighted by Gasteiger charge is 2.37. The number of esters is 1. The lowest BCUT2D eigenvalue weighted by Crippen LogP contribution is -2.24. The van der Waals surface area contributed by atoms with Crippen molar-refractivity contribution in [1.29, 1.82) is 0 Å². The van der Waals surface area contributed by atoms with Crippen molar-refractivity contribution < 1.29 is 14.3 Å². The van der Waals surface area contributed by atoms with Crippen LogP contribution in [-0.4, -0.2) is 19.0 Å². The van der Waals surface area contributed by atoms with E-state index in [9.17, 15) is 9.59 Å². The van der Waals surface area contributed by atoms with E-state index in [1.807, 2.05) is 55.5 Å². The smallest absolute Gasteiger partial charge is 0.340 e. The number of carbonyl (C=O) groups is 2. The molecule has 144 valence electrons. The zero-order chi connectivity index (χ0) is 20.4. The summed E-state index contributed by atoms with van der Waals surface area (Å²) >= 11 is 0. The van der Waals surface area contributed by atoms with Crippen LogP contribution in [0.25, 0.3) is 6.08 Å². The average molecular weight is 375 g/mol. The van der Waals surface area contributed by atoms with E-state index in [4.69, 9.17) is 4.74 Å². The molecule has 0 aromatic heterocycles. The number of hydrogen-bond donors (Lipinski definition) is 0. The number of ether oxygens (including phenoxy) is 1. The summed E-state index contributed by atoms with van der Waals surface area (Å²) in [5.41, 5.74) is 5.11. The third-order valence-corrected chi connectivity index (χ3v) is 4.96. The molecule has 0 fully saturated rings. The zero-order valence-electron chi connectivity index (χ0n) is 16.9. The minimum Gasteiger partial charge on any atom is -0.465 e. The maximum atomic E-state index is 13.2. The van der Waals surface area contributed by atoms with Crippen LogP contribution in [0.2, 0.25) is 0 Å². The standard InChI is InChI=1S/C24H25NO3/c1-15(2)19-11-9-18(10-12-19)14-21-22(24(27)28-5)17(4)25(23(21)26)20-8-6-7-16(3)13-20/h6-15H,1-5H3/b21-14-. The number of amides is 1. The Bertz CT molecular complexity index is 981. The number of anilines is 1. The largest absolute Gasteiger partial charge is 0.465 e. The number of nitrogens with zero attached hydrogens (tertiary/aromatic N) is 1. The van der Waals surface area contributed by atoms with Crippen molar-refractivity contribution in [3.63, 3.8) is 0 Å². The van der Waals surface area contributed by atoms with Gasteiger partial charge in [-0.2, -0.15) is 0 Å². The Hall–Kier alpha value is -3.14. The first-order valence-corrected chi connectivity index (χ1v) is 9.35. The highest BCUT2D eigenvalue weighted by molar-refractivity contribution is 6.23. The van der Waals surface area contributed by atoms with Crippen LogP contribution in [0.15, 0.2) is 65.4 Å². The maximum absolute atomic E-state index is 13.2. The molecule has 4 nitrogen and oxygen atoms in total. The van der Waals surface area contributed by atoms with E-state index in [1.54, 1.807) is 17.9 Å². The summed E-state index contributed by atoms with van der Waals surface area (Å²) in [7, 11) is 1.33. The normalized spacial score (nSPS) is 15.7. The SMILES string of the molecule is COC(=O)C1=C(C)N(c2cccc(C)c2)C(=O)/C1=C\c1ccc(C(C)C)cc1. The molecular formula is C24H25NO3. The van der Waals surface area contributed by atoms with Crippen LogP contribution in [0.3, 0.4) is 0 Å². The third kappa shape index (κ3) is 3.63. The fourth-order valence-electron chi connectivity index (χ4n) is 3.40. The third-order valence-electron chi connectivity index (χ3n) is 4.96. The van der Waals surface area contributed by atoms with Gasteiger partial charge in [0.05, 0.1) is 18.3 Å². The van der Waals surface area contributed by atoms with Gasteiger partial charge in [-0.05, 0) is 54.7 Å². The molecule has 0 aliphatic carbocycles. The number of methoxy groups -OCH3 is 1. The van der Waals surface area contributed by atoms with Crippen LogP contribution in [-0.2, 0) is 14.3 Å². The second-order valence-corrected chi connectivity index (χ2v) is 7.31. The molecule has 1 heterocycles. The quantitative estimate of drug-likeness (QED) is 0.558. The zero-order valence-corrected chi connectivity index (χ0v) is 16.9. The summed E-state index contributed by atoms with van der Waals surface area (Å²) in [6.07, 6.45) is 1.76. The summed E-state index contributed by atoms with van der Waals surface area (Å²) in [4.78, 5) is 27.3. The lowest BCUT2D eigenvalue weighted by molar-refractivity contribution is -0.136. The van der Waals surface area contributed by atoms with Crippen LogP contribution in [0.5, 0.6) is 0 Å². The molecule has 4 heteroatoms. The molecule has 0 unspecified atom stereocenters. The average Bonchev–Trinajstić information content (AvgIpc) is 2.91. The van der Waals surface area contributed by atoms with Crippen LogP contribution < -0.4 is 4.90 Å². The number of allylic oxidation sites excluding steroid dienone is 1. The molecule has 0 N–H and O–H groups in total. The summed E-state index contributed by atoms with van der Waals surface area (Å²) < 4.78 is 4.96. The lowest BCUT2D eigenvalue weighted by Gasteiger charge is -2.18. The fraction of sp³-hybridized carbons (Fsp3) is 0.250. The minimum atomic E-state index is -0.508. The summed E-state index contributed by atoms with van der Waals surface area (Å²) in [5.74, 6) is -0.304. The van der Waals surface area contributed by atoms with E-state index < -0.39 is 5.97 Å². The van der Waals surface area contributed by atoms with E-state index >= 15 is 0 Å². The Labute approximate surface area is 166 Å². The van der Waals surface area contributed by atoms with E-state index in [-0.39, 0.29) is 5.91 Å². The molecule has 0 bridgehead atoms. The van der Waals surface area contributed by atoms with Gasteiger partial charge in [0.1, 0.15) is 0 Å². The van der Waals surface area contributed by atoms with E-state index in [2.05, 4.69) is 13.8 Å². The number of rotatable bonds is 4. The number of hydrogen-bond acceptors (Lipinski definition) is 3. The van der Waals surface area contributed by atoms with Crippen molar-refractivity contribution >= 4 is 23.6 Å². The van der Waals surface area contributed by atoms with Crippen molar-refractivity contribution in [1.82, 2.24) is 0 Å². The van der Waals surface area contributed by atoms with Crippen LogP contribution in [0, 0.1) is 6.92 Å². The van der Waals surface area contributed by atoms with Gasteiger partial charge in [-0.1, -0.05) is 50.2 Å². The summed E-state index contributed by atoms with van der Waals surface area (Å²) in [5, 5.41) is 0. The van der Waals surface area contributed by atoms with Gasteiger partial charge in [0, 0.05) is 11.4 Å². The van der Waals surface area contributed by atoms with Gasteiger partial charge in [0.2, 0.25) is 0 Å². The molecule has 3 rings (SSSR count). The predicted octanol–water partition coefficient (Wildman–Crippen LogP) is 5.00. The Balaban J connectivity index is 2.09. The Morgan fingerprint density at radius 2 is 1.75 bits per heavy atom. The van der Waals surface area contributed by atoms with E-state index in [1.165, 1.54) is 12.7 Å². The second-order valence-electron chi connectivity index (χ2n) is 7.31. The molecule has 0 spiro atoms. The van der Waals surface area contributed by atoms with Gasteiger partial charge < -0.3 is 4.74 Å². The Kier molecular flexibility index (Phi) is 5.50. The highest BCUT2D eigenvalue weighted by Crippen LogP contribution is 2.35. The van der Waals surface area contributed by atoms with E-state index in [0.29, 0.717) is 22.8 Å². The van der Waals surface area contributed by atoms with Gasteiger partial charge in [-0.25, -0.2) is 4.79 Å². The first kappa shape index (κ1) is 19.6. The topological polar surface area (TPSA) is 46.6 Å². The molecule has 0 saturated carbocycles. The van der Waals surface area contributed by atoms with Gasteiger partial charge >= 0.3 is 5.97 Å². The molecule has 0 radical (unpaired) electrons. The molecule has 28 heavy (non-hydrogen) atoms. The second kappa shape index (κ2) is 7.85. The summed E-state index contributed by atoms with van der Waals surface area (Å²) in [6.45, 7) is 8.01. The van der Waals surface area contributed by atoms with Gasteiger partial charge in [0.15, 0.2) is 0 Å². The van der Waals surface area contributed by atoms with Crippen molar-refractivity contribution in [3.8, 4) is 0 Å². The number of aryl methyl sites for hydroxylation is 1. The van der Waals surface area contributed by atoms with Crippen LogP contribution in [0.4, 0.5) is 5.69 Å². The molecule has 0 saturated heterocycles. The van der Waals surface area contributed by atoms with Gasteiger partial charge in [0.25, 0.3) is 5.91 Å². The van der Waals surface area contributed by atoms with Crippen molar-refractivity contribution in [2.45, 2.75) is 33.6 Å². The first-order chi connectivity index (χ1) is 13.3. The number of benzene rings is 2. The molecule has 1 aliphatic rings. The van der Waals surface area contributed by atoms with Gasteiger partial charge in [-0.3, -0.25) is 9.69 Å². The Morgan fingerprint density at radius 3 is 2.32 bits per heavy atom. The molecule has 2 aromatic carbocycles. The first-order valence-electron chi connectivity index (χ1n) is 9.35. The van der Waals surface area contributed by atoms with Crippen molar-refractivity contribution in [2.24, 2.45) is 0 Å². The molecule has 2 aromatic rings. The highest BCUT2D eigenvalue weighted by atomic mass is 16.5. The molecule has 0 atom stereocenters. The molecule has 1 aliphatic heterocycles. The maximum Gasteiger partial charge on any atom is 0.340 e. The van der Waals surface area contributed by atoms with Crippen molar-refractivity contribution in [2.75, 3.05) is 12.0 Å². The van der Waals surface area contributed by atoms with Gasteiger partial charge in [-0.15, -0.1) is 0 Å². The van der Waals surface area contributed by atoms with E-state index in [0.717, 1.165) is 16.8 Å². The summed E-state index contributed by atoms with van der Waals surface area (Å²) in [6, 6.07) is 15.7. The minimum absolute atomic E-state index is 0.226. The fourth-order valence-corrected chi connectivity index (χ4v) is 3.40. The molecule has 1 amide bonds. The monoisotopic (exact) mass is 375 g/mol. The number of carbonyl (C=O) groups excluding carboxylic acids is 2.